The SMILES string of the molecule is CCn1c(C(C)(F)F)nc2cc(NC(C)=O)ccc21.FC1(F)CCCCC1. The Labute approximate surface area is 156 Å². The highest BCUT2D eigenvalue weighted by Gasteiger charge is 2.31. The molecule has 1 aromatic heterocycles. The van der Waals surface area contributed by atoms with Gasteiger partial charge in [-0.05, 0) is 38.0 Å². The first kappa shape index (κ1) is 21.2. The average Bonchev–Trinajstić information content (AvgIpc) is 2.92. The minimum atomic E-state index is -3.00. The number of aromatic nitrogens is 2. The molecule has 4 nitrogen and oxygen atoms in total. The summed E-state index contributed by atoms with van der Waals surface area (Å²) >= 11 is 0. The Morgan fingerprint density at radius 3 is 2.33 bits per heavy atom. The summed E-state index contributed by atoms with van der Waals surface area (Å²) in [6.45, 7) is 4.42. The standard InChI is InChI=1S/C13H15F2N3O.C6H10F2/c1-4-18-11-6-5-9(16-8(2)19)7-10(11)17-12(18)13(3,14)15;7-6(8)4-2-1-3-5-6/h5-7H,4H2,1-3H3,(H,16,19);1-5H2. The Morgan fingerprint density at radius 1 is 1.26 bits per heavy atom. The molecule has 1 heterocycles. The zero-order valence-corrected chi connectivity index (χ0v) is 15.8. The first-order valence-corrected chi connectivity index (χ1v) is 9.07. The van der Waals surface area contributed by atoms with Crippen LogP contribution in [0.25, 0.3) is 11.0 Å². The lowest BCUT2D eigenvalue weighted by atomic mass is 9.97. The molecule has 0 bridgehead atoms. The number of nitrogens with zero attached hydrogens (tertiary/aromatic N) is 2. The van der Waals surface area contributed by atoms with Crippen LogP contribution in [0.4, 0.5) is 23.2 Å². The molecule has 0 atom stereocenters. The molecule has 1 aliphatic carbocycles. The van der Waals surface area contributed by atoms with Gasteiger partial charge in [0.15, 0.2) is 5.82 Å². The maximum Gasteiger partial charge on any atom is 0.302 e. The second-order valence-corrected chi connectivity index (χ2v) is 6.87. The highest BCUT2D eigenvalue weighted by atomic mass is 19.3. The lowest BCUT2D eigenvalue weighted by molar-refractivity contribution is -0.114. The van der Waals surface area contributed by atoms with Gasteiger partial charge in [-0.1, -0.05) is 6.42 Å². The number of anilines is 1. The second kappa shape index (κ2) is 8.27. The van der Waals surface area contributed by atoms with Gasteiger partial charge in [0.2, 0.25) is 11.8 Å². The van der Waals surface area contributed by atoms with E-state index in [1.807, 2.05) is 0 Å². The number of nitrogens with one attached hydrogen (secondary N) is 1. The van der Waals surface area contributed by atoms with Crippen LogP contribution in [0, 0.1) is 0 Å². The van der Waals surface area contributed by atoms with Gasteiger partial charge in [0, 0.05) is 38.9 Å². The van der Waals surface area contributed by atoms with Gasteiger partial charge in [0.05, 0.1) is 11.0 Å². The summed E-state index contributed by atoms with van der Waals surface area (Å²) in [4.78, 5) is 15.0. The zero-order chi connectivity index (χ0) is 20.2. The van der Waals surface area contributed by atoms with Crippen LogP contribution < -0.4 is 5.32 Å². The van der Waals surface area contributed by atoms with E-state index in [-0.39, 0.29) is 24.6 Å². The average molecular weight is 387 g/mol. The molecular formula is C19H25F4N3O. The van der Waals surface area contributed by atoms with E-state index in [1.165, 1.54) is 11.5 Å². The van der Waals surface area contributed by atoms with Crippen molar-refractivity contribution >= 4 is 22.6 Å². The van der Waals surface area contributed by atoms with E-state index in [0.717, 1.165) is 13.3 Å². The minimum Gasteiger partial charge on any atom is -0.326 e. The molecule has 8 heteroatoms. The Morgan fingerprint density at radius 2 is 1.89 bits per heavy atom. The van der Waals surface area contributed by atoms with Crippen molar-refractivity contribution < 1.29 is 22.4 Å². The zero-order valence-electron chi connectivity index (χ0n) is 15.8. The fourth-order valence-electron chi connectivity index (χ4n) is 3.14. The van der Waals surface area contributed by atoms with Crippen LogP contribution in [0.15, 0.2) is 18.2 Å². The number of hydrogen-bond donors (Lipinski definition) is 1. The maximum atomic E-state index is 13.5. The fourth-order valence-corrected chi connectivity index (χ4v) is 3.14. The van der Waals surface area contributed by atoms with Crippen molar-refractivity contribution in [2.75, 3.05) is 5.32 Å². The molecule has 1 N–H and O–H groups in total. The minimum absolute atomic E-state index is 0.118. The van der Waals surface area contributed by atoms with Gasteiger partial charge in [-0.2, -0.15) is 8.78 Å². The van der Waals surface area contributed by atoms with Gasteiger partial charge in [0.1, 0.15) is 0 Å². The number of alkyl halides is 4. The number of carbonyl (C=O) groups is 1. The molecule has 2 aromatic rings. The first-order valence-electron chi connectivity index (χ1n) is 9.07. The third-order valence-corrected chi connectivity index (χ3v) is 4.36. The second-order valence-electron chi connectivity index (χ2n) is 6.87. The van der Waals surface area contributed by atoms with Crippen LogP contribution in [0.5, 0.6) is 0 Å². The molecule has 1 aliphatic rings. The molecule has 0 aliphatic heterocycles. The van der Waals surface area contributed by atoms with Crippen LogP contribution in [-0.2, 0) is 17.3 Å². The van der Waals surface area contributed by atoms with Crippen LogP contribution >= 0.6 is 0 Å². The Bertz CT molecular complexity index is 788. The van der Waals surface area contributed by atoms with Crippen molar-refractivity contribution in [1.29, 1.82) is 0 Å². The molecule has 0 radical (unpaired) electrons. The predicted molar refractivity (Wildman–Crippen MR) is 97.3 cm³/mol. The molecule has 1 aromatic carbocycles. The van der Waals surface area contributed by atoms with Crippen molar-refractivity contribution in [2.24, 2.45) is 0 Å². The Hall–Kier alpha value is -2.12. The largest absolute Gasteiger partial charge is 0.326 e. The third-order valence-electron chi connectivity index (χ3n) is 4.36. The quantitative estimate of drug-likeness (QED) is 0.686. The van der Waals surface area contributed by atoms with E-state index in [9.17, 15) is 22.4 Å². The molecule has 1 amide bonds. The number of imidazole rings is 1. The summed E-state index contributed by atoms with van der Waals surface area (Å²) in [7, 11) is 0. The van der Waals surface area contributed by atoms with Gasteiger partial charge in [-0.3, -0.25) is 4.79 Å². The molecular weight excluding hydrogens is 362 g/mol. The van der Waals surface area contributed by atoms with E-state index in [4.69, 9.17) is 0 Å². The van der Waals surface area contributed by atoms with E-state index >= 15 is 0 Å². The number of aryl methyl sites for hydroxylation is 1. The van der Waals surface area contributed by atoms with E-state index in [2.05, 4.69) is 10.3 Å². The molecule has 27 heavy (non-hydrogen) atoms. The van der Waals surface area contributed by atoms with Gasteiger partial charge < -0.3 is 9.88 Å². The molecule has 150 valence electrons. The number of carbonyl (C=O) groups excluding carboxylic acids is 1. The van der Waals surface area contributed by atoms with Crippen LogP contribution in [0.1, 0.15) is 58.7 Å². The molecule has 1 saturated carbocycles. The number of amides is 1. The van der Waals surface area contributed by atoms with Gasteiger partial charge in [-0.15, -0.1) is 0 Å². The summed E-state index contributed by atoms with van der Waals surface area (Å²) in [5.41, 5.74) is 1.63. The van der Waals surface area contributed by atoms with E-state index < -0.39 is 11.8 Å². The van der Waals surface area contributed by atoms with Crippen LogP contribution in [-0.4, -0.2) is 21.4 Å². The molecule has 0 saturated heterocycles. The van der Waals surface area contributed by atoms with Gasteiger partial charge in [0.25, 0.3) is 0 Å². The van der Waals surface area contributed by atoms with Crippen molar-refractivity contribution in [2.45, 2.75) is 71.3 Å². The lowest BCUT2D eigenvalue weighted by Crippen LogP contribution is -2.18. The number of halogens is 4. The van der Waals surface area contributed by atoms with Gasteiger partial charge in [-0.25, -0.2) is 13.8 Å². The number of hydrogen-bond acceptors (Lipinski definition) is 2. The summed E-state index contributed by atoms with van der Waals surface area (Å²) in [6, 6.07) is 4.96. The summed E-state index contributed by atoms with van der Waals surface area (Å²) in [5, 5.41) is 2.61. The molecule has 0 unspecified atom stereocenters. The van der Waals surface area contributed by atoms with Crippen molar-refractivity contribution in [3.05, 3.63) is 24.0 Å². The number of rotatable bonds is 3. The fraction of sp³-hybridized carbons (Fsp3) is 0.579. The Kier molecular flexibility index (Phi) is 6.49. The smallest absolute Gasteiger partial charge is 0.302 e. The van der Waals surface area contributed by atoms with Gasteiger partial charge >= 0.3 is 5.92 Å². The van der Waals surface area contributed by atoms with E-state index in [0.29, 0.717) is 36.1 Å². The lowest BCUT2D eigenvalue weighted by Gasteiger charge is -2.20. The normalized spacial score (nSPS) is 16.6. The number of fused-ring (bicyclic) bond motifs is 1. The monoisotopic (exact) mass is 387 g/mol. The topological polar surface area (TPSA) is 46.9 Å². The van der Waals surface area contributed by atoms with Crippen molar-refractivity contribution in [3.8, 4) is 0 Å². The highest BCUT2D eigenvalue weighted by Crippen LogP contribution is 2.32. The van der Waals surface area contributed by atoms with Crippen molar-refractivity contribution in [3.63, 3.8) is 0 Å². The maximum absolute atomic E-state index is 13.5. The van der Waals surface area contributed by atoms with Crippen molar-refractivity contribution in [1.82, 2.24) is 9.55 Å². The predicted octanol–water partition coefficient (Wildman–Crippen LogP) is 5.71. The third kappa shape index (κ3) is 5.68. The molecule has 3 rings (SSSR count). The highest BCUT2D eigenvalue weighted by molar-refractivity contribution is 5.91. The van der Waals surface area contributed by atoms with Crippen LogP contribution in [0.2, 0.25) is 0 Å². The summed E-state index contributed by atoms with van der Waals surface area (Å²) in [5.74, 6) is -5.79. The first-order chi connectivity index (χ1) is 12.5. The summed E-state index contributed by atoms with van der Waals surface area (Å²) in [6.07, 6.45) is 2.66. The molecule has 1 fully saturated rings. The van der Waals surface area contributed by atoms with E-state index in [1.54, 1.807) is 25.1 Å². The molecule has 0 spiro atoms. The van der Waals surface area contributed by atoms with Crippen LogP contribution in [0.3, 0.4) is 0 Å². The Balaban J connectivity index is 0.000000273. The number of benzene rings is 1. The summed E-state index contributed by atoms with van der Waals surface area (Å²) < 4.78 is 52.9.